The fourth-order valence-electron chi connectivity index (χ4n) is 0.343. The molecule has 0 aliphatic carbocycles. The summed E-state index contributed by atoms with van der Waals surface area (Å²) in [6, 6.07) is 0. The third kappa shape index (κ3) is 5.49. The summed E-state index contributed by atoms with van der Waals surface area (Å²) in [6.07, 6.45) is 0.250. The Kier molecular flexibility index (Phi) is 2.83. The molecule has 0 aliphatic rings. The largest absolute Gasteiger partial charge is 0.491 e. The molecular weight excluding hydrogens is 139 g/mol. The van der Waals surface area contributed by atoms with E-state index in [1.54, 1.807) is 6.92 Å². The van der Waals surface area contributed by atoms with Gasteiger partial charge in [0.15, 0.2) is 0 Å². The van der Waals surface area contributed by atoms with E-state index in [0.717, 1.165) is 0 Å². The van der Waals surface area contributed by atoms with Crippen LogP contribution >= 0.6 is 0 Å². The second-order valence-corrected chi connectivity index (χ2v) is 5.12. The summed E-state index contributed by atoms with van der Waals surface area (Å²) in [6.45, 7) is 4.31. The molecule has 0 spiro atoms. The van der Waals surface area contributed by atoms with E-state index in [-0.39, 0.29) is 6.42 Å². The standard InChI is InChI=1S/C5H11FO2Si/c1-4-5(7)8-9(2,3)6/h4H2,1-3H3. The van der Waals surface area contributed by atoms with Crippen LogP contribution in [-0.4, -0.2) is 14.6 Å². The molecule has 0 aliphatic heterocycles. The second-order valence-electron chi connectivity index (χ2n) is 2.19. The number of hydrogen-bond acceptors (Lipinski definition) is 2. The molecule has 0 fully saturated rings. The lowest BCUT2D eigenvalue weighted by Crippen LogP contribution is -2.27. The summed E-state index contributed by atoms with van der Waals surface area (Å²) >= 11 is 0. The first-order valence-electron chi connectivity index (χ1n) is 2.86. The summed E-state index contributed by atoms with van der Waals surface area (Å²) in [7, 11) is -3.09. The van der Waals surface area contributed by atoms with Crippen LogP contribution in [0.15, 0.2) is 0 Å². The van der Waals surface area contributed by atoms with Crippen LogP contribution in [0, 0.1) is 0 Å². The van der Waals surface area contributed by atoms with Crippen LogP contribution in [0.4, 0.5) is 4.11 Å². The Hall–Kier alpha value is -0.383. The van der Waals surface area contributed by atoms with Crippen molar-refractivity contribution < 1.29 is 13.3 Å². The Morgan fingerprint density at radius 1 is 1.67 bits per heavy atom. The third-order valence-electron chi connectivity index (χ3n) is 0.645. The van der Waals surface area contributed by atoms with Gasteiger partial charge in [0, 0.05) is 6.42 Å². The zero-order chi connectivity index (χ0) is 7.49. The van der Waals surface area contributed by atoms with E-state index in [4.69, 9.17) is 0 Å². The van der Waals surface area contributed by atoms with Crippen molar-refractivity contribution in [2.24, 2.45) is 0 Å². The molecule has 0 amide bonds. The minimum atomic E-state index is -3.09. The van der Waals surface area contributed by atoms with Crippen LogP contribution in [0.2, 0.25) is 13.1 Å². The molecule has 0 aromatic rings. The number of carbonyl (C=O) groups excluding carboxylic acids is 1. The van der Waals surface area contributed by atoms with Crippen molar-refractivity contribution in [2.45, 2.75) is 26.4 Å². The molecule has 0 aromatic carbocycles. The Labute approximate surface area is 55.3 Å². The predicted molar refractivity (Wildman–Crippen MR) is 35.0 cm³/mol. The summed E-state index contributed by atoms with van der Waals surface area (Å²) in [4.78, 5) is 10.4. The smallest absolute Gasteiger partial charge is 0.436 e. The van der Waals surface area contributed by atoms with Crippen LogP contribution in [0.25, 0.3) is 0 Å². The Morgan fingerprint density at radius 3 is 2.22 bits per heavy atom. The highest BCUT2D eigenvalue weighted by molar-refractivity contribution is 6.65. The lowest BCUT2D eigenvalue weighted by Gasteiger charge is -2.10. The quantitative estimate of drug-likeness (QED) is 0.441. The van der Waals surface area contributed by atoms with Gasteiger partial charge < -0.3 is 4.43 Å². The zero-order valence-electron chi connectivity index (χ0n) is 5.90. The molecule has 0 saturated carbocycles. The minimum absolute atomic E-state index is 0.250. The molecule has 0 aromatic heterocycles. The number of hydrogen-bond donors (Lipinski definition) is 0. The van der Waals surface area contributed by atoms with Gasteiger partial charge in [-0.2, -0.15) is 0 Å². The normalized spacial score (nSPS) is 11.1. The first-order chi connectivity index (χ1) is 3.95. The van der Waals surface area contributed by atoms with Crippen molar-refractivity contribution in [3.8, 4) is 0 Å². The maximum atomic E-state index is 12.5. The van der Waals surface area contributed by atoms with Gasteiger partial charge in [-0.3, -0.25) is 8.90 Å². The maximum absolute atomic E-state index is 12.5. The molecule has 0 N–H and O–H groups in total. The zero-order valence-corrected chi connectivity index (χ0v) is 6.90. The Bertz CT molecular complexity index is 108. The highest BCUT2D eigenvalue weighted by Crippen LogP contribution is 2.05. The van der Waals surface area contributed by atoms with E-state index >= 15 is 0 Å². The van der Waals surface area contributed by atoms with Crippen molar-refractivity contribution >= 4 is 14.6 Å². The molecule has 54 valence electrons. The van der Waals surface area contributed by atoms with E-state index in [9.17, 15) is 8.90 Å². The molecule has 0 unspecified atom stereocenters. The van der Waals surface area contributed by atoms with E-state index < -0.39 is 14.6 Å². The van der Waals surface area contributed by atoms with Gasteiger partial charge in [-0.1, -0.05) is 6.92 Å². The molecular formula is C5H11FO2Si. The van der Waals surface area contributed by atoms with Crippen LogP contribution in [0.1, 0.15) is 13.3 Å². The third-order valence-corrected chi connectivity index (χ3v) is 1.36. The molecule has 4 heteroatoms. The van der Waals surface area contributed by atoms with Gasteiger partial charge >= 0.3 is 8.65 Å². The van der Waals surface area contributed by atoms with Gasteiger partial charge in [-0.25, -0.2) is 0 Å². The van der Waals surface area contributed by atoms with Crippen molar-refractivity contribution in [1.29, 1.82) is 0 Å². The molecule has 0 saturated heterocycles. The molecule has 0 bridgehead atoms. The van der Waals surface area contributed by atoms with Crippen LogP contribution in [0.5, 0.6) is 0 Å². The predicted octanol–water partition coefficient (Wildman–Crippen LogP) is 1.61. The van der Waals surface area contributed by atoms with Crippen molar-refractivity contribution in [3.05, 3.63) is 0 Å². The molecule has 0 radical (unpaired) electrons. The summed E-state index contributed by atoms with van der Waals surface area (Å²) in [5, 5.41) is 0. The van der Waals surface area contributed by atoms with Gasteiger partial charge in [0.05, 0.1) is 0 Å². The average Bonchev–Trinajstić information content (AvgIpc) is 1.62. The van der Waals surface area contributed by atoms with Crippen molar-refractivity contribution in [2.75, 3.05) is 0 Å². The van der Waals surface area contributed by atoms with Gasteiger partial charge in [0.2, 0.25) is 0 Å². The minimum Gasteiger partial charge on any atom is -0.491 e. The highest BCUT2D eigenvalue weighted by atomic mass is 28.4. The van der Waals surface area contributed by atoms with Gasteiger partial charge in [-0.15, -0.1) is 0 Å². The SMILES string of the molecule is CCC(=O)O[Si](C)(C)F. The monoisotopic (exact) mass is 150 g/mol. The van der Waals surface area contributed by atoms with E-state index in [1.165, 1.54) is 13.1 Å². The lowest BCUT2D eigenvalue weighted by molar-refractivity contribution is -0.135. The van der Waals surface area contributed by atoms with Gasteiger partial charge in [-0.05, 0) is 13.1 Å². The van der Waals surface area contributed by atoms with Gasteiger partial charge in [0.1, 0.15) is 0 Å². The fraction of sp³-hybridized carbons (Fsp3) is 0.800. The first-order valence-corrected chi connectivity index (χ1v) is 5.65. The van der Waals surface area contributed by atoms with Crippen molar-refractivity contribution in [1.82, 2.24) is 0 Å². The number of rotatable bonds is 2. The summed E-state index contributed by atoms with van der Waals surface area (Å²) in [5.74, 6) is -0.450. The maximum Gasteiger partial charge on any atom is 0.436 e. The van der Waals surface area contributed by atoms with Crippen LogP contribution < -0.4 is 0 Å². The van der Waals surface area contributed by atoms with Gasteiger partial charge in [0.25, 0.3) is 5.97 Å². The highest BCUT2D eigenvalue weighted by Gasteiger charge is 2.25. The second kappa shape index (κ2) is 2.96. The fourth-order valence-corrected chi connectivity index (χ4v) is 1.03. The Morgan fingerprint density at radius 2 is 2.11 bits per heavy atom. The number of halogens is 1. The molecule has 9 heavy (non-hydrogen) atoms. The lowest BCUT2D eigenvalue weighted by atomic mass is 10.5. The van der Waals surface area contributed by atoms with Crippen LogP contribution in [0.3, 0.4) is 0 Å². The molecule has 2 nitrogen and oxygen atoms in total. The molecule has 0 heterocycles. The molecule has 0 atom stereocenters. The summed E-state index contributed by atoms with van der Waals surface area (Å²) < 4.78 is 16.9. The molecule has 0 rings (SSSR count). The van der Waals surface area contributed by atoms with E-state index in [1.807, 2.05) is 0 Å². The Balaban J connectivity index is 3.60. The first kappa shape index (κ1) is 8.62. The topological polar surface area (TPSA) is 26.3 Å². The van der Waals surface area contributed by atoms with E-state index in [2.05, 4.69) is 4.43 Å². The summed E-state index contributed by atoms with van der Waals surface area (Å²) in [5.41, 5.74) is 0. The van der Waals surface area contributed by atoms with E-state index in [0.29, 0.717) is 0 Å². The van der Waals surface area contributed by atoms with Crippen LogP contribution in [-0.2, 0) is 9.22 Å². The van der Waals surface area contributed by atoms with Crippen molar-refractivity contribution in [3.63, 3.8) is 0 Å². The average molecular weight is 150 g/mol. The number of carbonyl (C=O) groups is 1.